The molecule has 5 nitrogen and oxygen atoms in total. The van der Waals surface area contributed by atoms with E-state index in [-0.39, 0.29) is 18.4 Å². The second-order valence-electron chi connectivity index (χ2n) is 4.88. The van der Waals surface area contributed by atoms with Gasteiger partial charge in [0.25, 0.3) is 0 Å². The van der Waals surface area contributed by atoms with Crippen LogP contribution in [0, 0.1) is 23.4 Å². The number of rotatable bonds is 4. The predicted molar refractivity (Wildman–Crippen MR) is 71.5 cm³/mol. The van der Waals surface area contributed by atoms with E-state index in [1.165, 1.54) is 0 Å². The van der Waals surface area contributed by atoms with Gasteiger partial charge in [-0.25, -0.2) is 13.2 Å². The number of carbonyl (C=O) groups is 2. The summed E-state index contributed by atoms with van der Waals surface area (Å²) >= 11 is 0. The SMILES string of the molecule is O=C(CNC(=O)C1CCOCC1)Nc1ccc(F)c(F)c1F. The van der Waals surface area contributed by atoms with Gasteiger partial charge in [0, 0.05) is 19.1 Å². The van der Waals surface area contributed by atoms with Crippen LogP contribution in [-0.4, -0.2) is 31.6 Å². The number of nitrogens with one attached hydrogen (secondary N) is 2. The Hall–Kier alpha value is -2.09. The molecule has 1 fully saturated rings. The highest BCUT2D eigenvalue weighted by molar-refractivity contribution is 5.94. The van der Waals surface area contributed by atoms with Crippen molar-refractivity contribution >= 4 is 17.5 Å². The van der Waals surface area contributed by atoms with Crippen molar-refractivity contribution in [2.24, 2.45) is 5.92 Å². The fraction of sp³-hybridized carbons (Fsp3) is 0.429. The largest absolute Gasteiger partial charge is 0.381 e. The molecule has 1 saturated heterocycles. The number of benzene rings is 1. The number of amides is 2. The van der Waals surface area contributed by atoms with Crippen LogP contribution in [0.15, 0.2) is 12.1 Å². The highest BCUT2D eigenvalue weighted by Crippen LogP contribution is 2.19. The highest BCUT2D eigenvalue weighted by Gasteiger charge is 2.22. The van der Waals surface area contributed by atoms with E-state index in [4.69, 9.17) is 4.74 Å². The second-order valence-corrected chi connectivity index (χ2v) is 4.88. The van der Waals surface area contributed by atoms with Crippen LogP contribution in [0.5, 0.6) is 0 Å². The monoisotopic (exact) mass is 316 g/mol. The molecule has 1 aromatic rings. The van der Waals surface area contributed by atoms with Crippen LogP contribution < -0.4 is 10.6 Å². The molecule has 0 aliphatic carbocycles. The van der Waals surface area contributed by atoms with Crippen molar-refractivity contribution in [3.05, 3.63) is 29.6 Å². The maximum Gasteiger partial charge on any atom is 0.243 e. The van der Waals surface area contributed by atoms with Gasteiger partial charge in [-0.3, -0.25) is 9.59 Å². The molecule has 0 unspecified atom stereocenters. The average Bonchev–Trinajstić information content (AvgIpc) is 2.54. The summed E-state index contributed by atoms with van der Waals surface area (Å²) < 4.78 is 44.3. The summed E-state index contributed by atoms with van der Waals surface area (Å²) in [5.41, 5.74) is -0.482. The van der Waals surface area contributed by atoms with Gasteiger partial charge in [-0.2, -0.15) is 0 Å². The Kier molecular flexibility index (Phi) is 5.37. The average molecular weight is 316 g/mol. The van der Waals surface area contributed by atoms with E-state index >= 15 is 0 Å². The van der Waals surface area contributed by atoms with Gasteiger partial charge in [0.2, 0.25) is 11.8 Å². The van der Waals surface area contributed by atoms with Crippen LogP contribution in [0.2, 0.25) is 0 Å². The molecule has 0 radical (unpaired) electrons. The molecule has 120 valence electrons. The van der Waals surface area contributed by atoms with Gasteiger partial charge in [0.05, 0.1) is 12.2 Å². The first-order valence-corrected chi connectivity index (χ1v) is 6.78. The third-order valence-electron chi connectivity index (χ3n) is 3.32. The molecule has 22 heavy (non-hydrogen) atoms. The minimum atomic E-state index is -1.66. The Bertz CT molecular complexity index is 575. The molecular formula is C14H15F3N2O3. The topological polar surface area (TPSA) is 67.4 Å². The normalized spacial score (nSPS) is 15.4. The molecule has 0 aromatic heterocycles. The maximum absolute atomic E-state index is 13.4. The smallest absolute Gasteiger partial charge is 0.243 e. The lowest BCUT2D eigenvalue weighted by molar-refractivity contribution is -0.129. The van der Waals surface area contributed by atoms with Gasteiger partial charge in [0.15, 0.2) is 17.5 Å². The summed E-state index contributed by atoms with van der Waals surface area (Å²) in [7, 11) is 0. The van der Waals surface area contributed by atoms with Gasteiger partial charge in [-0.1, -0.05) is 0 Å². The molecule has 0 saturated carbocycles. The number of hydrogen-bond acceptors (Lipinski definition) is 3. The minimum Gasteiger partial charge on any atom is -0.381 e. The minimum absolute atomic E-state index is 0.221. The van der Waals surface area contributed by atoms with Gasteiger partial charge < -0.3 is 15.4 Å². The zero-order valence-corrected chi connectivity index (χ0v) is 11.6. The van der Waals surface area contributed by atoms with Crippen LogP contribution in [0.1, 0.15) is 12.8 Å². The van der Waals surface area contributed by atoms with E-state index in [1.54, 1.807) is 0 Å². The van der Waals surface area contributed by atoms with E-state index in [2.05, 4.69) is 10.6 Å². The fourth-order valence-corrected chi connectivity index (χ4v) is 2.09. The van der Waals surface area contributed by atoms with Crippen LogP contribution in [0.3, 0.4) is 0 Å². The number of carbonyl (C=O) groups excluding carboxylic acids is 2. The quantitative estimate of drug-likeness (QED) is 0.829. The molecule has 1 aliphatic rings. The lowest BCUT2D eigenvalue weighted by atomic mass is 9.99. The van der Waals surface area contributed by atoms with Crippen molar-refractivity contribution in [1.29, 1.82) is 0 Å². The standard InChI is InChI=1S/C14H15F3N2O3/c15-9-1-2-10(13(17)12(9)16)19-11(20)7-18-14(21)8-3-5-22-6-4-8/h1-2,8H,3-7H2,(H,18,21)(H,19,20). The van der Waals surface area contributed by atoms with E-state index in [0.717, 1.165) is 6.07 Å². The van der Waals surface area contributed by atoms with Crippen molar-refractivity contribution in [1.82, 2.24) is 5.32 Å². The summed E-state index contributed by atoms with van der Waals surface area (Å²) in [4.78, 5) is 23.4. The first-order chi connectivity index (χ1) is 10.5. The zero-order chi connectivity index (χ0) is 16.1. The van der Waals surface area contributed by atoms with E-state index < -0.39 is 29.0 Å². The molecule has 1 aromatic carbocycles. The third-order valence-corrected chi connectivity index (χ3v) is 3.32. The highest BCUT2D eigenvalue weighted by atomic mass is 19.2. The van der Waals surface area contributed by atoms with Crippen LogP contribution in [-0.2, 0) is 14.3 Å². The number of anilines is 1. The Morgan fingerprint density at radius 3 is 2.50 bits per heavy atom. The molecule has 2 N–H and O–H groups in total. The van der Waals surface area contributed by atoms with Crippen molar-refractivity contribution in [2.45, 2.75) is 12.8 Å². The van der Waals surface area contributed by atoms with Gasteiger partial charge in [0.1, 0.15) is 0 Å². The fourth-order valence-electron chi connectivity index (χ4n) is 2.09. The molecule has 0 spiro atoms. The van der Waals surface area contributed by atoms with E-state index in [1.807, 2.05) is 0 Å². The summed E-state index contributed by atoms with van der Waals surface area (Å²) in [6.07, 6.45) is 1.15. The predicted octanol–water partition coefficient (Wildman–Crippen LogP) is 1.59. The zero-order valence-electron chi connectivity index (χ0n) is 11.6. The molecule has 8 heteroatoms. The molecule has 0 atom stereocenters. The summed E-state index contributed by atoms with van der Waals surface area (Å²) in [5.74, 6) is -5.73. The van der Waals surface area contributed by atoms with E-state index in [0.29, 0.717) is 32.1 Å². The summed E-state index contributed by atoms with van der Waals surface area (Å²) in [5, 5.41) is 4.50. The molecule has 1 aliphatic heterocycles. The number of hydrogen-bond donors (Lipinski definition) is 2. The lowest BCUT2D eigenvalue weighted by Crippen LogP contribution is -2.38. The molecule has 1 heterocycles. The molecule has 2 rings (SSSR count). The summed E-state index contributed by atoms with van der Waals surface area (Å²) in [6.45, 7) is 0.601. The van der Waals surface area contributed by atoms with Gasteiger partial charge in [-0.15, -0.1) is 0 Å². The lowest BCUT2D eigenvalue weighted by Gasteiger charge is -2.21. The third kappa shape index (κ3) is 3.97. The molecule has 2 amide bonds. The van der Waals surface area contributed by atoms with Crippen LogP contribution in [0.25, 0.3) is 0 Å². The van der Waals surface area contributed by atoms with Gasteiger partial charge in [-0.05, 0) is 25.0 Å². The number of ether oxygens (including phenoxy) is 1. The Balaban J connectivity index is 1.85. The second kappa shape index (κ2) is 7.26. The summed E-state index contributed by atoms with van der Waals surface area (Å²) in [6, 6.07) is 1.61. The maximum atomic E-state index is 13.4. The Morgan fingerprint density at radius 2 is 1.82 bits per heavy atom. The van der Waals surface area contributed by atoms with Crippen molar-refractivity contribution in [2.75, 3.05) is 25.1 Å². The Morgan fingerprint density at radius 1 is 1.14 bits per heavy atom. The van der Waals surface area contributed by atoms with Gasteiger partial charge >= 0.3 is 0 Å². The van der Waals surface area contributed by atoms with Crippen molar-refractivity contribution < 1.29 is 27.5 Å². The van der Waals surface area contributed by atoms with Crippen molar-refractivity contribution in [3.8, 4) is 0 Å². The van der Waals surface area contributed by atoms with Crippen LogP contribution in [0.4, 0.5) is 18.9 Å². The number of halogens is 3. The molecular weight excluding hydrogens is 301 g/mol. The first kappa shape index (κ1) is 16.3. The van der Waals surface area contributed by atoms with Crippen LogP contribution >= 0.6 is 0 Å². The molecule has 0 bridgehead atoms. The Labute approximate surface area is 124 Å². The van der Waals surface area contributed by atoms with E-state index in [9.17, 15) is 22.8 Å². The van der Waals surface area contributed by atoms with Crippen molar-refractivity contribution in [3.63, 3.8) is 0 Å². The first-order valence-electron chi connectivity index (χ1n) is 6.78.